The van der Waals surface area contributed by atoms with Crippen molar-refractivity contribution < 1.29 is 4.74 Å². The SMILES string of the molecule is Clc1ccc(C(c2cccc(OCc3ccccc3)c2)N2CCNCC2)c(Cl)c1. The zero-order chi connectivity index (χ0) is 20.1. The minimum Gasteiger partial charge on any atom is -0.489 e. The Kier molecular flexibility index (Phi) is 6.73. The highest BCUT2D eigenvalue weighted by Crippen LogP contribution is 2.36. The lowest BCUT2D eigenvalue weighted by molar-refractivity contribution is 0.198. The minimum absolute atomic E-state index is 0.0575. The fraction of sp³-hybridized carbons (Fsp3) is 0.250. The molecule has 0 saturated carbocycles. The highest BCUT2D eigenvalue weighted by molar-refractivity contribution is 6.35. The second-order valence-corrected chi connectivity index (χ2v) is 8.04. The monoisotopic (exact) mass is 426 g/mol. The number of ether oxygens (including phenoxy) is 1. The molecule has 0 amide bonds. The van der Waals surface area contributed by atoms with Crippen LogP contribution in [0.1, 0.15) is 22.7 Å². The Morgan fingerprint density at radius 3 is 2.45 bits per heavy atom. The molecule has 29 heavy (non-hydrogen) atoms. The van der Waals surface area contributed by atoms with Gasteiger partial charge >= 0.3 is 0 Å². The first kappa shape index (κ1) is 20.2. The summed E-state index contributed by atoms with van der Waals surface area (Å²) in [4.78, 5) is 2.46. The summed E-state index contributed by atoms with van der Waals surface area (Å²) in [6.07, 6.45) is 0. The van der Waals surface area contributed by atoms with Crippen LogP contribution < -0.4 is 10.1 Å². The lowest BCUT2D eigenvalue weighted by atomic mass is 9.96. The number of hydrogen-bond acceptors (Lipinski definition) is 3. The van der Waals surface area contributed by atoms with Crippen LogP contribution in [0.5, 0.6) is 5.75 Å². The van der Waals surface area contributed by atoms with E-state index in [1.165, 1.54) is 5.56 Å². The fourth-order valence-electron chi connectivity index (χ4n) is 3.77. The van der Waals surface area contributed by atoms with Crippen LogP contribution in [0.25, 0.3) is 0 Å². The smallest absolute Gasteiger partial charge is 0.120 e. The number of nitrogens with one attached hydrogen (secondary N) is 1. The van der Waals surface area contributed by atoms with Gasteiger partial charge in [0.2, 0.25) is 0 Å². The van der Waals surface area contributed by atoms with Crippen molar-refractivity contribution in [3.8, 4) is 5.75 Å². The standard InChI is InChI=1S/C24H24Cl2N2O/c25-20-9-10-22(23(26)16-20)24(28-13-11-27-12-14-28)19-7-4-8-21(15-19)29-17-18-5-2-1-3-6-18/h1-10,15-16,24,27H,11-14,17H2. The summed E-state index contributed by atoms with van der Waals surface area (Å²) in [6.45, 7) is 4.39. The van der Waals surface area contributed by atoms with Gasteiger partial charge in [0.05, 0.1) is 6.04 Å². The van der Waals surface area contributed by atoms with Crippen molar-refractivity contribution in [1.82, 2.24) is 10.2 Å². The van der Waals surface area contributed by atoms with Gasteiger partial charge in [-0.25, -0.2) is 0 Å². The number of rotatable bonds is 6. The number of halogens is 2. The predicted octanol–water partition coefficient (Wildman–Crippen LogP) is 5.57. The normalized spacial score (nSPS) is 15.8. The molecular weight excluding hydrogens is 403 g/mol. The molecule has 0 spiro atoms. The summed E-state index contributed by atoms with van der Waals surface area (Å²) < 4.78 is 6.07. The topological polar surface area (TPSA) is 24.5 Å². The van der Waals surface area contributed by atoms with E-state index in [-0.39, 0.29) is 6.04 Å². The summed E-state index contributed by atoms with van der Waals surface area (Å²) >= 11 is 12.8. The van der Waals surface area contributed by atoms with Crippen molar-refractivity contribution in [3.63, 3.8) is 0 Å². The Labute approximate surface area is 182 Å². The van der Waals surface area contributed by atoms with E-state index in [0.717, 1.165) is 43.1 Å². The van der Waals surface area contributed by atoms with Gasteiger partial charge in [0.15, 0.2) is 0 Å². The maximum absolute atomic E-state index is 6.62. The lowest BCUT2D eigenvalue weighted by Gasteiger charge is -2.36. The minimum atomic E-state index is 0.0575. The largest absolute Gasteiger partial charge is 0.489 e. The highest BCUT2D eigenvalue weighted by atomic mass is 35.5. The van der Waals surface area contributed by atoms with Crippen molar-refractivity contribution in [2.75, 3.05) is 26.2 Å². The summed E-state index contributed by atoms with van der Waals surface area (Å²) in [7, 11) is 0. The third-order valence-corrected chi connectivity index (χ3v) is 5.76. The van der Waals surface area contributed by atoms with Crippen LogP contribution in [-0.2, 0) is 6.61 Å². The van der Waals surface area contributed by atoms with Crippen molar-refractivity contribution in [3.05, 3.63) is 99.5 Å². The van der Waals surface area contributed by atoms with Gasteiger partial charge in [-0.3, -0.25) is 4.90 Å². The van der Waals surface area contributed by atoms with E-state index in [1.54, 1.807) is 0 Å². The van der Waals surface area contributed by atoms with E-state index in [2.05, 4.69) is 40.5 Å². The van der Waals surface area contributed by atoms with E-state index in [1.807, 2.05) is 42.5 Å². The summed E-state index contributed by atoms with van der Waals surface area (Å²) in [5, 5.41) is 4.77. The summed E-state index contributed by atoms with van der Waals surface area (Å²) in [6, 6.07) is 24.4. The van der Waals surface area contributed by atoms with E-state index < -0.39 is 0 Å². The third-order valence-electron chi connectivity index (χ3n) is 5.20. The van der Waals surface area contributed by atoms with Crippen LogP contribution in [0.15, 0.2) is 72.8 Å². The Morgan fingerprint density at radius 1 is 0.897 bits per heavy atom. The highest BCUT2D eigenvalue weighted by Gasteiger charge is 2.26. The van der Waals surface area contributed by atoms with E-state index in [9.17, 15) is 0 Å². The van der Waals surface area contributed by atoms with Gasteiger partial charge in [-0.2, -0.15) is 0 Å². The Morgan fingerprint density at radius 2 is 1.69 bits per heavy atom. The van der Waals surface area contributed by atoms with Crippen molar-refractivity contribution in [2.24, 2.45) is 0 Å². The molecule has 3 aromatic carbocycles. The van der Waals surface area contributed by atoms with E-state index in [4.69, 9.17) is 27.9 Å². The van der Waals surface area contributed by atoms with Crippen LogP contribution in [-0.4, -0.2) is 31.1 Å². The maximum Gasteiger partial charge on any atom is 0.120 e. The molecule has 1 unspecified atom stereocenters. The first-order valence-electron chi connectivity index (χ1n) is 9.87. The number of nitrogens with zero attached hydrogens (tertiary/aromatic N) is 1. The molecule has 0 bridgehead atoms. The van der Waals surface area contributed by atoms with E-state index >= 15 is 0 Å². The van der Waals surface area contributed by atoms with Gasteiger partial charge in [-0.05, 0) is 41.0 Å². The molecule has 3 aromatic rings. The molecule has 1 atom stereocenters. The molecule has 150 valence electrons. The second kappa shape index (κ2) is 9.64. The molecule has 1 fully saturated rings. The summed E-state index contributed by atoms with van der Waals surface area (Å²) in [5.74, 6) is 0.858. The fourth-order valence-corrected chi connectivity index (χ4v) is 4.28. The van der Waals surface area contributed by atoms with E-state index in [0.29, 0.717) is 16.7 Å². The van der Waals surface area contributed by atoms with Crippen LogP contribution in [0.2, 0.25) is 10.0 Å². The maximum atomic E-state index is 6.62. The van der Waals surface area contributed by atoms with Gasteiger partial charge in [0.1, 0.15) is 12.4 Å². The van der Waals surface area contributed by atoms with Gasteiger partial charge < -0.3 is 10.1 Å². The molecule has 1 saturated heterocycles. The Hall–Kier alpha value is -2.04. The molecule has 3 nitrogen and oxygen atoms in total. The van der Waals surface area contributed by atoms with Gasteiger partial charge in [0.25, 0.3) is 0 Å². The van der Waals surface area contributed by atoms with Crippen LogP contribution >= 0.6 is 23.2 Å². The van der Waals surface area contributed by atoms with Gasteiger partial charge in [-0.15, -0.1) is 0 Å². The van der Waals surface area contributed by atoms with Crippen LogP contribution in [0, 0.1) is 0 Å². The number of hydrogen-bond donors (Lipinski definition) is 1. The average Bonchev–Trinajstić information content (AvgIpc) is 2.76. The van der Waals surface area contributed by atoms with Crippen molar-refractivity contribution in [2.45, 2.75) is 12.6 Å². The molecule has 1 N–H and O–H groups in total. The Balaban J connectivity index is 1.63. The number of piperazine rings is 1. The molecule has 1 aliphatic heterocycles. The van der Waals surface area contributed by atoms with Crippen LogP contribution in [0.4, 0.5) is 0 Å². The molecular formula is C24H24Cl2N2O. The second-order valence-electron chi connectivity index (χ2n) is 7.20. The molecule has 1 aliphatic rings. The zero-order valence-corrected chi connectivity index (χ0v) is 17.7. The Bertz CT molecular complexity index is 943. The molecule has 0 aromatic heterocycles. The van der Waals surface area contributed by atoms with Gasteiger partial charge in [-0.1, -0.05) is 71.7 Å². The molecule has 1 heterocycles. The molecule has 0 radical (unpaired) electrons. The van der Waals surface area contributed by atoms with Crippen molar-refractivity contribution >= 4 is 23.2 Å². The average molecular weight is 427 g/mol. The summed E-state index contributed by atoms with van der Waals surface area (Å²) in [5.41, 5.74) is 3.39. The predicted molar refractivity (Wildman–Crippen MR) is 120 cm³/mol. The lowest BCUT2D eigenvalue weighted by Crippen LogP contribution is -2.45. The number of benzene rings is 3. The zero-order valence-electron chi connectivity index (χ0n) is 16.2. The first-order valence-corrected chi connectivity index (χ1v) is 10.6. The molecule has 5 heteroatoms. The quantitative estimate of drug-likeness (QED) is 0.557. The molecule has 4 rings (SSSR count). The van der Waals surface area contributed by atoms with Crippen LogP contribution in [0.3, 0.4) is 0 Å². The molecule has 0 aliphatic carbocycles. The van der Waals surface area contributed by atoms with Gasteiger partial charge in [0, 0.05) is 36.2 Å². The first-order chi connectivity index (χ1) is 14.2. The third kappa shape index (κ3) is 5.12. The van der Waals surface area contributed by atoms with Crippen molar-refractivity contribution in [1.29, 1.82) is 0 Å².